The molecule has 0 spiro atoms. The maximum absolute atomic E-state index is 12.5. The Bertz CT molecular complexity index is 542. The van der Waals surface area contributed by atoms with Crippen molar-refractivity contribution in [3.63, 3.8) is 0 Å². The zero-order valence-corrected chi connectivity index (χ0v) is 16.0. The molecule has 1 heterocycles. The fourth-order valence-corrected chi connectivity index (χ4v) is 3.09. The number of carbonyl (C=O) groups is 1. The molecule has 1 saturated heterocycles. The summed E-state index contributed by atoms with van der Waals surface area (Å²) in [4.78, 5) is 12.5. The number of ether oxygens (including phenoxy) is 3. The van der Waals surface area contributed by atoms with Crippen LogP contribution in [-0.4, -0.2) is 53.0 Å². The fraction of sp³-hybridized carbons (Fsp3) is 0.611. The van der Waals surface area contributed by atoms with Crippen molar-refractivity contribution in [2.45, 2.75) is 19.8 Å². The zero-order valence-electron chi connectivity index (χ0n) is 15.2. The van der Waals surface area contributed by atoms with Gasteiger partial charge in [-0.05, 0) is 51.1 Å². The first kappa shape index (κ1) is 21.5. The van der Waals surface area contributed by atoms with Crippen molar-refractivity contribution in [1.29, 1.82) is 0 Å². The Kier molecular flexibility index (Phi) is 9.03. The largest absolute Gasteiger partial charge is 0.493 e. The number of benzene rings is 1. The van der Waals surface area contributed by atoms with Crippen LogP contribution >= 0.6 is 12.4 Å². The maximum atomic E-state index is 12.5. The number of amides is 1. The van der Waals surface area contributed by atoms with E-state index in [4.69, 9.17) is 14.2 Å². The number of piperidine rings is 1. The van der Waals surface area contributed by atoms with E-state index in [1.165, 1.54) is 0 Å². The van der Waals surface area contributed by atoms with Gasteiger partial charge in [-0.25, -0.2) is 0 Å². The Labute approximate surface area is 156 Å². The number of carbonyl (C=O) groups excluding carboxylic acids is 1. The second-order valence-electron chi connectivity index (χ2n) is 6.16. The number of methoxy groups -OCH3 is 2. The van der Waals surface area contributed by atoms with E-state index in [1.807, 2.05) is 6.92 Å². The molecule has 0 aliphatic carbocycles. The Hall–Kier alpha value is -1.50. The Morgan fingerprint density at radius 3 is 2.56 bits per heavy atom. The summed E-state index contributed by atoms with van der Waals surface area (Å²) in [5.41, 5.74) is 0.571. The first-order valence-electron chi connectivity index (χ1n) is 8.43. The molecule has 0 saturated carbocycles. The van der Waals surface area contributed by atoms with Gasteiger partial charge in [0.15, 0.2) is 11.5 Å². The molecule has 1 amide bonds. The summed E-state index contributed by atoms with van der Waals surface area (Å²) in [6.45, 7) is 5.63. The average molecular weight is 373 g/mol. The van der Waals surface area contributed by atoms with Crippen molar-refractivity contribution in [3.8, 4) is 11.5 Å². The third kappa shape index (κ3) is 5.76. The third-order valence-corrected chi connectivity index (χ3v) is 4.46. The minimum Gasteiger partial charge on any atom is -0.493 e. The van der Waals surface area contributed by atoms with Crippen molar-refractivity contribution in [1.82, 2.24) is 10.6 Å². The van der Waals surface area contributed by atoms with Crippen LogP contribution in [0.15, 0.2) is 18.2 Å². The molecule has 0 aromatic heterocycles. The monoisotopic (exact) mass is 372 g/mol. The zero-order chi connectivity index (χ0) is 17.4. The molecule has 142 valence electrons. The predicted molar refractivity (Wildman–Crippen MR) is 100 cm³/mol. The lowest BCUT2D eigenvalue weighted by atomic mass is 9.79. The minimum absolute atomic E-state index is 0. The maximum Gasteiger partial charge on any atom is 0.251 e. The fourth-order valence-electron chi connectivity index (χ4n) is 3.09. The first-order chi connectivity index (χ1) is 11.6. The Morgan fingerprint density at radius 1 is 1.24 bits per heavy atom. The van der Waals surface area contributed by atoms with Gasteiger partial charge >= 0.3 is 0 Å². The van der Waals surface area contributed by atoms with Crippen molar-refractivity contribution in [2.24, 2.45) is 5.41 Å². The van der Waals surface area contributed by atoms with E-state index in [9.17, 15) is 4.79 Å². The molecule has 0 bridgehead atoms. The van der Waals surface area contributed by atoms with E-state index >= 15 is 0 Å². The second kappa shape index (κ2) is 10.5. The molecule has 25 heavy (non-hydrogen) atoms. The molecule has 1 aromatic carbocycles. The molecular weight excluding hydrogens is 344 g/mol. The topological polar surface area (TPSA) is 68.8 Å². The van der Waals surface area contributed by atoms with Gasteiger partial charge in [0.05, 0.1) is 20.3 Å². The highest BCUT2D eigenvalue weighted by molar-refractivity contribution is 5.94. The SMILES string of the molecule is CCOc1ccc(C(=O)NCC2(COC)CCNCC2)cc1OC.Cl. The number of rotatable bonds is 8. The summed E-state index contributed by atoms with van der Waals surface area (Å²) in [6.07, 6.45) is 1.99. The second-order valence-corrected chi connectivity index (χ2v) is 6.16. The first-order valence-corrected chi connectivity index (χ1v) is 8.43. The number of hydrogen-bond donors (Lipinski definition) is 2. The molecule has 1 fully saturated rings. The van der Waals surface area contributed by atoms with E-state index in [-0.39, 0.29) is 23.7 Å². The Balaban J connectivity index is 0.00000312. The summed E-state index contributed by atoms with van der Waals surface area (Å²) < 4.78 is 16.2. The van der Waals surface area contributed by atoms with Crippen LogP contribution in [0, 0.1) is 5.41 Å². The third-order valence-electron chi connectivity index (χ3n) is 4.46. The number of halogens is 1. The highest BCUT2D eigenvalue weighted by Crippen LogP contribution is 2.30. The van der Waals surface area contributed by atoms with Crippen molar-refractivity contribution in [2.75, 3.05) is 47.1 Å². The van der Waals surface area contributed by atoms with E-state index in [2.05, 4.69) is 10.6 Å². The summed E-state index contributed by atoms with van der Waals surface area (Å²) in [5.74, 6) is 1.11. The van der Waals surface area contributed by atoms with Gasteiger partial charge in [-0.1, -0.05) is 0 Å². The molecule has 0 unspecified atom stereocenters. The molecule has 6 nitrogen and oxygen atoms in total. The molecule has 7 heteroatoms. The van der Waals surface area contributed by atoms with E-state index < -0.39 is 0 Å². The molecule has 1 aliphatic heterocycles. The van der Waals surface area contributed by atoms with Gasteiger partial charge in [0, 0.05) is 24.6 Å². The highest BCUT2D eigenvalue weighted by Gasteiger charge is 2.32. The summed E-state index contributed by atoms with van der Waals surface area (Å²) >= 11 is 0. The van der Waals surface area contributed by atoms with Crippen LogP contribution in [0.5, 0.6) is 11.5 Å². The van der Waals surface area contributed by atoms with Gasteiger partial charge < -0.3 is 24.8 Å². The highest BCUT2D eigenvalue weighted by atomic mass is 35.5. The van der Waals surface area contributed by atoms with Crippen LogP contribution in [0.4, 0.5) is 0 Å². The van der Waals surface area contributed by atoms with Crippen molar-refractivity contribution >= 4 is 18.3 Å². The van der Waals surface area contributed by atoms with Gasteiger partial charge in [0.1, 0.15) is 0 Å². The summed E-state index contributed by atoms with van der Waals surface area (Å²) in [6, 6.07) is 5.24. The Morgan fingerprint density at radius 2 is 1.96 bits per heavy atom. The standard InChI is InChI=1S/C18H28N2O4.ClH/c1-4-24-15-6-5-14(11-16(15)23-3)17(21)20-12-18(13-22-2)7-9-19-10-8-18;/h5-6,11,19H,4,7-10,12-13H2,1-3H3,(H,20,21);1H. The van der Waals surface area contributed by atoms with Gasteiger partial charge in [0.25, 0.3) is 5.91 Å². The normalized spacial score (nSPS) is 15.8. The minimum atomic E-state index is -0.106. The van der Waals surface area contributed by atoms with Crippen LogP contribution in [0.2, 0.25) is 0 Å². The van der Waals surface area contributed by atoms with Gasteiger partial charge in [0.2, 0.25) is 0 Å². The van der Waals surface area contributed by atoms with Crippen molar-refractivity contribution in [3.05, 3.63) is 23.8 Å². The van der Waals surface area contributed by atoms with Gasteiger partial charge in [-0.2, -0.15) is 0 Å². The molecule has 0 atom stereocenters. The summed E-state index contributed by atoms with van der Waals surface area (Å²) in [5, 5.41) is 6.41. The molecule has 1 aromatic rings. The van der Waals surface area contributed by atoms with Crippen molar-refractivity contribution < 1.29 is 19.0 Å². The molecule has 1 aliphatic rings. The molecule has 2 N–H and O–H groups in total. The lowest BCUT2D eigenvalue weighted by Gasteiger charge is -2.37. The predicted octanol–water partition coefficient (Wildman–Crippen LogP) is 2.26. The lowest BCUT2D eigenvalue weighted by Crippen LogP contribution is -2.47. The number of hydrogen-bond acceptors (Lipinski definition) is 5. The smallest absolute Gasteiger partial charge is 0.251 e. The lowest BCUT2D eigenvalue weighted by molar-refractivity contribution is 0.0511. The van der Waals surface area contributed by atoms with Crippen LogP contribution < -0.4 is 20.1 Å². The van der Waals surface area contributed by atoms with Crippen LogP contribution in [0.1, 0.15) is 30.1 Å². The summed E-state index contributed by atoms with van der Waals surface area (Å²) in [7, 11) is 3.28. The van der Waals surface area contributed by atoms with E-state index in [0.29, 0.717) is 36.8 Å². The molecular formula is C18H29ClN2O4. The van der Waals surface area contributed by atoms with Gasteiger partial charge in [-0.3, -0.25) is 4.79 Å². The number of nitrogens with one attached hydrogen (secondary N) is 2. The molecule has 2 rings (SSSR count). The van der Waals surface area contributed by atoms with Crippen LogP contribution in [-0.2, 0) is 4.74 Å². The quantitative estimate of drug-likeness (QED) is 0.732. The average Bonchev–Trinajstić information content (AvgIpc) is 2.61. The van der Waals surface area contributed by atoms with E-state index in [1.54, 1.807) is 32.4 Å². The molecule has 0 radical (unpaired) electrons. The van der Waals surface area contributed by atoms with Crippen LogP contribution in [0.25, 0.3) is 0 Å². The van der Waals surface area contributed by atoms with Gasteiger partial charge in [-0.15, -0.1) is 12.4 Å². The van der Waals surface area contributed by atoms with Crippen LogP contribution in [0.3, 0.4) is 0 Å². The van der Waals surface area contributed by atoms with E-state index in [0.717, 1.165) is 25.9 Å².